The largest absolute Gasteiger partial charge is 0.464 e. The first-order valence-corrected chi connectivity index (χ1v) is 5.83. The van der Waals surface area contributed by atoms with E-state index in [0.29, 0.717) is 0 Å². The van der Waals surface area contributed by atoms with Crippen LogP contribution in [-0.4, -0.2) is 24.1 Å². The van der Waals surface area contributed by atoms with E-state index in [1.165, 1.54) is 18.2 Å². The lowest BCUT2D eigenvalue weighted by atomic mass is 10.1. The van der Waals surface area contributed by atoms with E-state index in [1.54, 1.807) is 13.8 Å². The van der Waals surface area contributed by atoms with Gasteiger partial charge in [-0.05, 0) is 26.0 Å². The van der Waals surface area contributed by atoms with E-state index >= 15 is 0 Å². The smallest absolute Gasteiger partial charge is 0.340 e. The standard InChI is InChI=1S/C12H16N2O5/c1-3-18-11(12(15)19-4-2)9-6-5-8(13)7-10(9)14(16)17/h5-7,11H,3-4,13H2,1-2H3. The van der Waals surface area contributed by atoms with Crippen molar-refractivity contribution in [2.75, 3.05) is 18.9 Å². The molecule has 0 amide bonds. The van der Waals surface area contributed by atoms with Crippen LogP contribution >= 0.6 is 0 Å². The summed E-state index contributed by atoms with van der Waals surface area (Å²) in [5.41, 5.74) is 5.64. The second kappa shape index (κ2) is 6.69. The topological polar surface area (TPSA) is 105 Å². The van der Waals surface area contributed by atoms with Gasteiger partial charge in [-0.3, -0.25) is 10.1 Å². The molecular formula is C12H16N2O5. The molecular weight excluding hydrogens is 252 g/mol. The minimum Gasteiger partial charge on any atom is -0.464 e. The number of nitrogens with zero attached hydrogens (tertiary/aromatic N) is 1. The molecule has 0 fully saturated rings. The van der Waals surface area contributed by atoms with Gasteiger partial charge in [-0.2, -0.15) is 0 Å². The Hall–Kier alpha value is -2.15. The molecule has 0 bridgehead atoms. The molecule has 0 heterocycles. The van der Waals surface area contributed by atoms with Gasteiger partial charge in [-0.15, -0.1) is 0 Å². The number of carbonyl (C=O) groups excluding carboxylic acids is 1. The number of nitrogen functional groups attached to an aromatic ring is 1. The van der Waals surface area contributed by atoms with Crippen LogP contribution in [0.2, 0.25) is 0 Å². The van der Waals surface area contributed by atoms with Gasteiger partial charge in [0.25, 0.3) is 5.69 Å². The predicted octanol–water partition coefficient (Wildman–Crippen LogP) is 1.82. The summed E-state index contributed by atoms with van der Waals surface area (Å²) in [4.78, 5) is 22.2. The Bertz CT molecular complexity index is 475. The van der Waals surface area contributed by atoms with Crippen molar-refractivity contribution in [3.8, 4) is 0 Å². The van der Waals surface area contributed by atoms with Crippen molar-refractivity contribution in [2.24, 2.45) is 0 Å². The molecule has 0 saturated heterocycles. The van der Waals surface area contributed by atoms with Crippen LogP contribution in [0.1, 0.15) is 25.5 Å². The number of nitro groups is 1. The molecule has 0 aliphatic heterocycles. The molecule has 1 atom stereocenters. The van der Waals surface area contributed by atoms with E-state index in [1.807, 2.05) is 0 Å². The summed E-state index contributed by atoms with van der Waals surface area (Å²) < 4.78 is 10.1. The summed E-state index contributed by atoms with van der Waals surface area (Å²) in [7, 11) is 0. The summed E-state index contributed by atoms with van der Waals surface area (Å²) in [5, 5.41) is 11.0. The highest BCUT2D eigenvalue weighted by Crippen LogP contribution is 2.30. The van der Waals surface area contributed by atoms with Gasteiger partial charge in [0, 0.05) is 18.4 Å². The van der Waals surface area contributed by atoms with Crippen LogP contribution in [0.15, 0.2) is 18.2 Å². The van der Waals surface area contributed by atoms with Gasteiger partial charge in [0.1, 0.15) is 0 Å². The third-order valence-electron chi connectivity index (χ3n) is 2.37. The zero-order valence-electron chi connectivity index (χ0n) is 10.8. The molecule has 19 heavy (non-hydrogen) atoms. The Labute approximate surface area is 110 Å². The van der Waals surface area contributed by atoms with Gasteiger partial charge < -0.3 is 15.2 Å². The first-order valence-electron chi connectivity index (χ1n) is 5.83. The molecule has 0 radical (unpaired) electrons. The highest BCUT2D eigenvalue weighted by Gasteiger charge is 2.29. The molecule has 1 aromatic carbocycles. The number of hydrogen-bond donors (Lipinski definition) is 1. The van der Waals surface area contributed by atoms with Crippen molar-refractivity contribution in [3.63, 3.8) is 0 Å². The van der Waals surface area contributed by atoms with Crippen molar-refractivity contribution in [2.45, 2.75) is 20.0 Å². The molecule has 0 aliphatic rings. The van der Waals surface area contributed by atoms with Crippen molar-refractivity contribution >= 4 is 17.3 Å². The fourth-order valence-electron chi connectivity index (χ4n) is 1.61. The quantitative estimate of drug-likeness (QED) is 0.365. The van der Waals surface area contributed by atoms with E-state index in [2.05, 4.69) is 0 Å². The van der Waals surface area contributed by atoms with Gasteiger partial charge in [0.05, 0.1) is 17.1 Å². The van der Waals surface area contributed by atoms with E-state index in [9.17, 15) is 14.9 Å². The van der Waals surface area contributed by atoms with Crippen molar-refractivity contribution in [1.82, 2.24) is 0 Å². The Morgan fingerprint density at radius 3 is 2.63 bits per heavy atom. The second-order valence-electron chi connectivity index (χ2n) is 3.66. The molecule has 1 rings (SSSR count). The van der Waals surface area contributed by atoms with Crippen LogP contribution in [0.3, 0.4) is 0 Å². The van der Waals surface area contributed by atoms with E-state index in [4.69, 9.17) is 15.2 Å². The average molecular weight is 268 g/mol. The van der Waals surface area contributed by atoms with E-state index < -0.39 is 17.0 Å². The van der Waals surface area contributed by atoms with Crippen LogP contribution in [0.25, 0.3) is 0 Å². The number of hydrogen-bond acceptors (Lipinski definition) is 6. The highest BCUT2D eigenvalue weighted by atomic mass is 16.6. The number of ether oxygens (including phenoxy) is 2. The predicted molar refractivity (Wildman–Crippen MR) is 68.5 cm³/mol. The lowest BCUT2D eigenvalue weighted by Gasteiger charge is -2.16. The van der Waals surface area contributed by atoms with Crippen LogP contribution in [0.5, 0.6) is 0 Å². The summed E-state index contributed by atoms with van der Waals surface area (Å²) in [6, 6.07) is 4.08. The average Bonchev–Trinajstić information content (AvgIpc) is 2.36. The van der Waals surface area contributed by atoms with Crippen molar-refractivity contribution < 1.29 is 19.2 Å². The Morgan fingerprint density at radius 1 is 1.42 bits per heavy atom. The first kappa shape index (κ1) is 14.9. The summed E-state index contributed by atoms with van der Waals surface area (Å²) >= 11 is 0. The zero-order valence-corrected chi connectivity index (χ0v) is 10.8. The number of anilines is 1. The molecule has 1 unspecified atom stereocenters. The van der Waals surface area contributed by atoms with Gasteiger partial charge in [0.15, 0.2) is 6.10 Å². The summed E-state index contributed by atoms with van der Waals surface area (Å²) in [5.74, 6) is -0.655. The summed E-state index contributed by atoms with van der Waals surface area (Å²) in [6.45, 7) is 3.74. The number of rotatable bonds is 6. The van der Waals surface area contributed by atoms with Gasteiger partial charge in [-0.1, -0.05) is 0 Å². The maximum Gasteiger partial charge on any atom is 0.340 e. The first-order chi connectivity index (χ1) is 9.01. The van der Waals surface area contributed by atoms with Crippen LogP contribution in [0.4, 0.5) is 11.4 Å². The summed E-state index contributed by atoms with van der Waals surface area (Å²) in [6.07, 6.45) is -1.12. The second-order valence-corrected chi connectivity index (χ2v) is 3.66. The minimum absolute atomic E-state index is 0.138. The monoisotopic (exact) mass is 268 g/mol. The van der Waals surface area contributed by atoms with Crippen molar-refractivity contribution in [3.05, 3.63) is 33.9 Å². The molecule has 0 aromatic heterocycles. The number of carbonyl (C=O) groups is 1. The minimum atomic E-state index is -1.12. The fourth-order valence-corrected chi connectivity index (χ4v) is 1.61. The molecule has 0 aliphatic carbocycles. The molecule has 0 spiro atoms. The Kier molecular flexibility index (Phi) is 5.25. The molecule has 7 nitrogen and oxygen atoms in total. The maximum absolute atomic E-state index is 11.8. The number of benzene rings is 1. The molecule has 2 N–H and O–H groups in total. The normalized spacial score (nSPS) is 11.9. The molecule has 0 saturated carbocycles. The lowest BCUT2D eigenvalue weighted by molar-refractivity contribution is -0.386. The van der Waals surface area contributed by atoms with Gasteiger partial charge in [0.2, 0.25) is 0 Å². The Morgan fingerprint density at radius 2 is 2.11 bits per heavy atom. The third kappa shape index (κ3) is 3.65. The third-order valence-corrected chi connectivity index (χ3v) is 2.37. The van der Waals surface area contributed by atoms with E-state index in [0.717, 1.165) is 0 Å². The van der Waals surface area contributed by atoms with Crippen LogP contribution < -0.4 is 5.73 Å². The number of nitro benzene ring substituents is 1. The van der Waals surface area contributed by atoms with Crippen LogP contribution in [0, 0.1) is 10.1 Å². The van der Waals surface area contributed by atoms with Gasteiger partial charge >= 0.3 is 5.97 Å². The highest BCUT2D eigenvalue weighted by molar-refractivity contribution is 5.78. The fraction of sp³-hybridized carbons (Fsp3) is 0.417. The zero-order chi connectivity index (χ0) is 14.4. The number of esters is 1. The Balaban J connectivity index is 3.21. The van der Waals surface area contributed by atoms with E-state index in [-0.39, 0.29) is 30.2 Å². The molecule has 7 heteroatoms. The molecule has 1 aromatic rings. The lowest BCUT2D eigenvalue weighted by Crippen LogP contribution is -2.20. The molecule has 104 valence electrons. The van der Waals surface area contributed by atoms with Crippen molar-refractivity contribution in [1.29, 1.82) is 0 Å². The number of nitrogens with two attached hydrogens (primary N) is 1. The van der Waals surface area contributed by atoms with Gasteiger partial charge in [-0.25, -0.2) is 4.79 Å². The maximum atomic E-state index is 11.8. The van der Waals surface area contributed by atoms with Crippen LogP contribution in [-0.2, 0) is 14.3 Å². The SMILES string of the molecule is CCOC(=O)C(OCC)c1ccc(N)cc1[N+](=O)[O-].